The number of fused-ring (bicyclic) bond motifs is 1. The average Bonchev–Trinajstić information content (AvgIpc) is 2.53. The van der Waals surface area contributed by atoms with E-state index in [0.717, 1.165) is 23.6 Å². The van der Waals surface area contributed by atoms with Gasteiger partial charge in [0, 0.05) is 10.6 Å². The summed E-state index contributed by atoms with van der Waals surface area (Å²) in [4.78, 5) is 1.18. The van der Waals surface area contributed by atoms with Crippen LogP contribution in [0, 0.1) is 5.82 Å². The van der Waals surface area contributed by atoms with Crippen LogP contribution in [0.15, 0.2) is 53.4 Å². The van der Waals surface area contributed by atoms with E-state index in [2.05, 4.69) is 18.3 Å². The maximum atomic E-state index is 13.1. The molecule has 0 saturated carbocycles. The molecule has 4 heteroatoms. The zero-order valence-corrected chi connectivity index (χ0v) is 12.7. The van der Waals surface area contributed by atoms with Crippen molar-refractivity contribution in [3.63, 3.8) is 0 Å². The molecule has 0 saturated heterocycles. The Morgan fingerprint density at radius 3 is 2.76 bits per heavy atom. The third kappa shape index (κ3) is 3.22. The first-order valence-corrected chi connectivity index (χ1v) is 8.14. The van der Waals surface area contributed by atoms with Crippen molar-refractivity contribution in [1.29, 1.82) is 0 Å². The normalized spacial score (nSPS) is 18.7. The lowest BCUT2D eigenvalue weighted by molar-refractivity contribution is 0.167. The summed E-state index contributed by atoms with van der Waals surface area (Å²) < 4.78 is 19.3. The Labute approximate surface area is 128 Å². The lowest BCUT2D eigenvalue weighted by Crippen LogP contribution is -2.38. The van der Waals surface area contributed by atoms with Gasteiger partial charge in [-0.05, 0) is 36.4 Å². The minimum atomic E-state index is -0.210. The largest absolute Gasteiger partial charge is 0.486 e. The van der Waals surface area contributed by atoms with Crippen LogP contribution in [-0.2, 0) is 0 Å². The topological polar surface area (TPSA) is 21.3 Å². The number of likely N-dealkylation sites (N-methyl/N-ethyl adjacent to an activating group) is 1. The van der Waals surface area contributed by atoms with E-state index in [0.29, 0.717) is 0 Å². The minimum Gasteiger partial charge on any atom is -0.486 e. The predicted molar refractivity (Wildman–Crippen MR) is 84.4 cm³/mol. The van der Waals surface area contributed by atoms with Gasteiger partial charge in [0.05, 0.1) is 6.04 Å². The lowest BCUT2D eigenvalue weighted by atomic mass is 10.0. The molecule has 2 aromatic rings. The summed E-state index contributed by atoms with van der Waals surface area (Å²) in [7, 11) is 0. The van der Waals surface area contributed by atoms with Gasteiger partial charge in [0.25, 0.3) is 0 Å². The van der Waals surface area contributed by atoms with Crippen LogP contribution in [0.2, 0.25) is 0 Å². The van der Waals surface area contributed by atoms with Crippen LogP contribution in [0.1, 0.15) is 18.5 Å². The molecule has 0 aliphatic carbocycles. The highest BCUT2D eigenvalue weighted by atomic mass is 32.2. The smallest absolute Gasteiger partial charge is 0.133 e. The summed E-state index contributed by atoms with van der Waals surface area (Å²) in [5, 5.41) is 3.46. The van der Waals surface area contributed by atoms with Gasteiger partial charge >= 0.3 is 0 Å². The first-order valence-electron chi connectivity index (χ1n) is 7.15. The van der Waals surface area contributed by atoms with Gasteiger partial charge in [-0.1, -0.05) is 31.2 Å². The van der Waals surface area contributed by atoms with Crippen LogP contribution in [-0.4, -0.2) is 18.4 Å². The Bertz CT molecular complexity index is 602. The first-order chi connectivity index (χ1) is 10.3. The van der Waals surface area contributed by atoms with Crippen LogP contribution in [0.5, 0.6) is 5.75 Å². The van der Waals surface area contributed by atoms with Crippen LogP contribution >= 0.6 is 11.8 Å². The SMILES string of the molecule is CCNC(c1ccc(F)cc1)C1CSc2ccccc2O1. The number of hydrogen-bond donors (Lipinski definition) is 1. The summed E-state index contributed by atoms with van der Waals surface area (Å²) in [5.74, 6) is 1.61. The van der Waals surface area contributed by atoms with Crippen molar-refractivity contribution in [2.24, 2.45) is 0 Å². The monoisotopic (exact) mass is 303 g/mol. The van der Waals surface area contributed by atoms with Crippen molar-refractivity contribution in [2.75, 3.05) is 12.3 Å². The Morgan fingerprint density at radius 2 is 2.00 bits per heavy atom. The van der Waals surface area contributed by atoms with E-state index >= 15 is 0 Å². The van der Waals surface area contributed by atoms with Crippen LogP contribution in [0.4, 0.5) is 4.39 Å². The third-order valence-electron chi connectivity index (χ3n) is 3.56. The highest BCUT2D eigenvalue weighted by Gasteiger charge is 2.28. The molecule has 0 fully saturated rings. The second kappa shape index (κ2) is 6.50. The van der Waals surface area contributed by atoms with Gasteiger partial charge in [0.15, 0.2) is 0 Å². The molecule has 0 radical (unpaired) electrons. The predicted octanol–water partition coefficient (Wildman–Crippen LogP) is 4.03. The van der Waals surface area contributed by atoms with Crippen LogP contribution in [0.25, 0.3) is 0 Å². The molecule has 0 bridgehead atoms. The molecule has 0 aromatic heterocycles. The highest BCUT2D eigenvalue weighted by Crippen LogP contribution is 2.38. The van der Waals surface area contributed by atoms with Crippen molar-refractivity contribution >= 4 is 11.8 Å². The van der Waals surface area contributed by atoms with E-state index in [9.17, 15) is 4.39 Å². The molecule has 110 valence electrons. The average molecular weight is 303 g/mol. The molecule has 2 atom stereocenters. The van der Waals surface area contributed by atoms with Gasteiger partial charge < -0.3 is 10.1 Å². The maximum absolute atomic E-state index is 13.1. The molecule has 0 amide bonds. The zero-order chi connectivity index (χ0) is 14.7. The zero-order valence-electron chi connectivity index (χ0n) is 11.9. The second-order valence-corrected chi connectivity index (χ2v) is 6.06. The van der Waals surface area contributed by atoms with Gasteiger partial charge in [0.2, 0.25) is 0 Å². The molecule has 2 unspecified atom stereocenters. The van der Waals surface area contributed by atoms with Gasteiger partial charge in [-0.25, -0.2) is 4.39 Å². The molecule has 21 heavy (non-hydrogen) atoms. The number of rotatable bonds is 4. The van der Waals surface area contributed by atoms with Crippen molar-refractivity contribution in [2.45, 2.75) is 24.0 Å². The second-order valence-electron chi connectivity index (χ2n) is 5.00. The summed E-state index contributed by atoms with van der Waals surface area (Å²) in [5.41, 5.74) is 1.06. The van der Waals surface area contributed by atoms with Crippen LogP contribution < -0.4 is 10.1 Å². The standard InChI is InChI=1S/C17H18FNOS/c1-2-19-17(12-7-9-13(18)10-8-12)15-11-21-16-6-4-3-5-14(16)20-15/h3-10,15,17,19H,2,11H2,1H3. The fourth-order valence-corrected chi connectivity index (χ4v) is 3.59. The first kappa shape index (κ1) is 14.4. The van der Waals surface area contributed by atoms with Crippen LogP contribution in [0.3, 0.4) is 0 Å². The lowest BCUT2D eigenvalue weighted by Gasteiger charge is -2.32. The number of nitrogens with one attached hydrogen (secondary N) is 1. The minimum absolute atomic E-state index is 0.0373. The Kier molecular flexibility index (Phi) is 4.46. The Morgan fingerprint density at radius 1 is 1.24 bits per heavy atom. The number of para-hydroxylation sites is 1. The molecule has 1 heterocycles. The fraction of sp³-hybridized carbons (Fsp3) is 0.294. The van der Waals surface area contributed by atoms with Crippen molar-refractivity contribution in [3.8, 4) is 5.75 Å². The molecule has 1 aliphatic heterocycles. The number of thioether (sulfide) groups is 1. The molecule has 1 N–H and O–H groups in total. The number of ether oxygens (including phenoxy) is 1. The number of hydrogen-bond acceptors (Lipinski definition) is 3. The Hall–Kier alpha value is -1.52. The number of halogens is 1. The van der Waals surface area contributed by atoms with Gasteiger partial charge in [-0.3, -0.25) is 0 Å². The van der Waals surface area contributed by atoms with Crippen molar-refractivity contribution in [1.82, 2.24) is 5.32 Å². The maximum Gasteiger partial charge on any atom is 0.133 e. The summed E-state index contributed by atoms with van der Waals surface area (Å²) in [6.45, 7) is 2.91. The fourth-order valence-electron chi connectivity index (χ4n) is 2.55. The van der Waals surface area contributed by atoms with Crippen molar-refractivity contribution in [3.05, 3.63) is 59.9 Å². The van der Waals surface area contributed by atoms with E-state index in [-0.39, 0.29) is 18.0 Å². The van der Waals surface area contributed by atoms with E-state index < -0.39 is 0 Å². The summed E-state index contributed by atoms with van der Waals surface area (Å²) in [6.07, 6.45) is 0.0373. The molecule has 0 spiro atoms. The number of benzene rings is 2. The molecule has 2 aromatic carbocycles. The van der Waals surface area contributed by atoms with E-state index in [1.165, 1.54) is 17.0 Å². The molecule has 2 nitrogen and oxygen atoms in total. The molecule has 1 aliphatic rings. The van der Waals surface area contributed by atoms with Gasteiger partial charge in [-0.2, -0.15) is 0 Å². The third-order valence-corrected chi connectivity index (χ3v) is 4.70. The van der Waals surface area contributed by atoms with E-state index in [4.69, 9.17) is 4.74 Å². The van der Waals surface area contributed by atoms with E-state index in [1.807, 2.05) is 42.1 Å². The van der Waals surface area contributed by atoms with E-state index in [1.54, 1.807) is 0 Å². The molecular weight excluding hydrogens is 285 g/mol. The van der Waals surface area contributed by atoms with Gasteiger partial charge in [0.1, 0.15) is 17.7 Å². The quantitative estimate of drug-likeness (QED) is 0.921. The molecular formula is C17H18FNOS. The Balaban J connectivity index is 1.83. The van der Waals surface area contributed by atoms with Gasteiger partial charge in [-0.15, -0.1) is 11.8 Å². The summed E-state index contributed by atoms with van der Waals surface area (Å²) >= 11 is 1.81. The highest BCUT2D eigenvalue weighted by molar-refractivity contribution is 7.99. The van der Waals surface area contributed by atoms with Crippen molar-refractivity contribution < 1.29 is 9.13 Å². The molecule has 3 rings (SSSR count). The summed E-state index contributed by atoms with van der Waals surface area (Å²) in [6, 6.07) is 14.8.